The zero-order valence-electron chi connectivity index (χ0n) is 11.2. The van der Waals surface area contributed by atoms with Crippen LogP contribution < -0.4 is 10.1 Å². The third kappa shape index (κ3) is 3.02. The van der Waals surface area contributed by atoms with Crippen molar-refractivity contribution in [1.29, 1.82) is 0 Å². The lowest BCUT2D eigenvalue weighted by Crippen LogP contribution is -2.12. The second-order valence-electron chi connectivity index (χ2n) is 4.98. The Balaban J connectivity index is 1.59. The highest BCUT2D eigenvalue weighted by molar-refractivity contribution is 6.02. The van der Waals surface area contributed by atoms with Gasteiger partial charge in [-0.05, 0) is 62.1 Å². The second kappa shape index (κ2) is 5.82. The normalized spacial score (nSPS) is 15.2. The Hall–Kier alpha value is -2.23. The van der Waals surface area contributed by atoms with Gasteiger partial charge < -0.3 is 14.5 Å². The van der Waals surface area contributed by atoms with Gasteiger partial charge in [0.25, 0.3) is 5.91 Å². The van der Waals surface area contributed by atoms with Crippen LogP contribution >= 0.6 is 0 Å². The third-order valence-electron chi connectivity index (χ3n) is 3.46. The van der Waals surface area contributed by atoms with Crippen LogP contribution in [0.3, 0.4) is 0 Å². The van der Waals surface area contributed by atoms with Gasteiger partial charge in [0.15, 0.2) is 5.76 Å². The van der Waals surface area contributed by atoms with E-state index >= 15 is 0 Å². The summed E-state index contributed by atoms with van der Waals surface area (Å²) in [4.78, 5) is 11.8. The molecule has 104 valence electrons. The molecule has 20 heavy (non-hydrogen) atoms. The molecule has 0 unspecified atom stereocenters. The fourth-order valence-corrected chi connectivity index (χ4v) is 2.42. The molecule has 4 nitrogen and oxygen atoms in total. The summed E-state index contributed by atoms with van der Waals surface area (Å²) >= 11 is 0. The van der Waals surface area contributed by atoms with Gasteiger partial charge in [0.1, 0.15) is 5.75 Å². The van der Waals surface area contributed by atoms with E-state index in [0.29, 0.717) is 11.9 Å². The first kappa shape index (κ1) is 12.8. The summed E-state index contributed by atoms with van der Waals surface area (Å²) in [6, 6.07) is 10.8. The maximum atomic E-state index is 11.8. The summed E-state index contributed by atoms with van der Waals surface area (Å²) in [6.45, 7) is 0. The van der Waals surface area contributed by atoms with Crippen molar-refractivity contribution in [2.24, 2.45) is 0 Å². The minimum atomic E-state index is -0.250. The molecule has 4 heteroatoms. The molecule has 0 bridgehead atoms. The van der Waals surface area contributed by atoms with Crippen molar-refractivity contribution in [1.82, 2.24) is 0 Å². The van der Waals surface area contributed by atoms with Crippen LogP contribution in [0.15, 0.2) is 47.1 Å². The number of carbonyl (C=O) groups is 1. The van der Waals surface area contributed by atoms with E-state index < -0.39 is 0 Å². The lowest BCUT2D eigenvalue weighted by Gasteiger charge is -2.13. The summed E-state index contributed by atoms with van der Waals surface area (Å²) in [6.07, 6.45) is 6.60. The minimum Gasteiger partial charge on any atom is -0.490 e. The van der Waals surface area contributed by atoms with Crippen molar-refractivity contribution in [3.05, 3.63) is 48.4 Å². The Kier molecular flexibility index (Phi) is 3.72. The molecule has 1 N–H and O–H groups in total. The molecule has 1 fully saturated rings. The van der Waals surface area contributed by atoms with Gasteiger partial charge in [0.05, 0.1) is 12.4 Å². The average Bonchev–Trinajstić information content (AvgIpc) is 3.13. The molecule has 0 aliphatic heterocycles. The number of benzene rings is 1. The van der Waals surface area contributed by atoms with Crippen LogP contribution in [0, 0.1) is 0 Å². The van der Waals surface area contributed by atoms with Gasteiger partial charge >= 0.3 is 0 Å². The largest absolute Gasteiger partial charge is 0.490 e. The van der Waals surface area contributed by atoms with Crippen LogP contribution in [0.1, 0.15) is 36.2 Å². The molecule has 1 heterocycles. The van der Waals surface area contributed by atoms with Crippen LogP contribution in [0.4, 0.5) is 5.69 Å². The minimum absolute atomic E-state index is 0.250. The van der Waals surface area contributed by atoms with Gasteiger partial charge in [-0.2, -0.15) is 0 Å². The molecule has 1 aliphatic carbocycles. The second-order valence-corrected chi connectivity index (χ2v) is 4.98. The van der Waals surface area contributed by atoms with Gasteiger partial charge in [0.2, 0.25) is 0 Å². The van der Waals surface area contributed by atoms with E-state index in [-0.39, 0.29) is 5.91 Å². The topological polar surface area (TPSA) is 51.5 Å². The Labute approximate surface area is 117 Å². The third-order valence-corrected chi connectivity index (χ3v) is 3.46. The Morgan fingerprint density at radius 2 is 1.90 bits per heavy atom. The monoisotopic (exact) mass is 271 g/mol. The van der Waals surface area contributed by atoms with E-state index in [4.69, 9.17) is 9.15 Å². The van der Waals surface area contributed by atoms with Crippen molar-refractivity contribution in [3.63, 3.8) is 0 Å². The summed E-state index contributed by atoms with van der Waals surface area (Å²) in [7, 11) is 0. The summed E-state index contributed by atoms with van der Waals surface area (Å²) in [5, 5.41) is 2.78. The lowest BCUT2D eigenvalue weighted by atomic mass is 10.2. The fourth-order valence-electron chi connectivity index (χ4n) is 2.42. The molecule has 1 aliphatic rings. The zero-order valence-corrected chi connectivity index (χ0v) is 11.2. The molecule has 0 saturated heterocycles. The number of hydrogen-bond donors (Lipinski definition) is 1. The van der Waals surface area contributed by atoms with Crippen LogP contribution in [0.5, 0.6) is 5.75 Å². The Morgan fingerprint density at radius 3 is 2.55 bits per heavy atom. The Morgan fingerprint density at radius 1 is 1.15 bits per heavy atom. The van der Waals surface area contributed by atoms with E-state index in [1.165, 1.54) is 19.1 Å². The summed E-state index contributed by atoms with van der Waals surface area (Å²) < 4.78 is 10.9. The molecule has 0 radical (unpaired) electrons. The Bertz CT molecular complexity index is 554. The predicted molar refractivity (Wildman–Crippen MR) is 76.0 cm³/mol. The van der Waals surface area contributed by atoms with E-state index in [1.54, 1.807) is 12.1 Å². The standard InChI is InChI=1S/C16H17NO3/c18-16(15-6-3-11-19-15)17-12-7-9-14(10-8-12)20-13-4-1-2-5-13/h3,6-11,13H,1-2,4-5H2,(H,17,18). The number of carbonyl (C=O) groups excluding carboxylic acids is 1. The first-order valence-electron chi connectivity index (χ1n) is 6.93. The van der Waals surface area contributed by atoms with Crippen molar-refractivity contribution in [3.8, 4) is 5.75 Å². The summed E-state index contributed by atoms with van der Waals surface area (Å²) in [5.41, 5.74) is 0.727. The van der Waals surface area contributed by atoms with Crippen LogP contribution in [-0.2, 0) is 0 Å². The van der Waals surface area contributed by atoms with Gasteiger partial charge in [-0.3, -0.25) is 4.79 Å². The number of hydrogen-bond acceptors (Lipinski definition) is 3. The van der Waals surface area contributed by atoms with Crippen LogP contribution in [0.2, 0.25) is 0 Å². The molecule has 0 spiro atoms. The number of anilines is 1. The number of ether oxygens (including phenoxy) is 1. The molecule has 3 rings (SSSR count). The molecular formula is C16H17NO3. The molecule has 1 aromatic heterocycles. The zero-order chi connectivity index (χ0) is 13.8. The molecule has 1 amide bonds. The number of rotatable bonds is 4. The number of nitrogens with one attached hydrogen (secondary N) is 1. The molecule has 0 atom stereocenters. The predicted octanol–water partition coefficient (Wildman–Crippen LogP) is 3.85. The van der Waals surface area contributed by atoms with E-state index in [0.717, 1.165) is 24.3 Å². The van der Waals surface area contributed by atoms with Gasteiger partial charge in [-0.15, -0.1) is 0 Å². The molecule has 1 aromatic carbocycles. The lowest BCUT2D eigenvalue weighted by molar-refractivity contribution is 0.0996. The SMILES string of the molecule is O=C(Nc1ccc(OC2CCCC2)cc1)c1ccco1. The highest BCUT2D eigenvalue weighted by Crippen LogP contribution is 2.25. The maximum Gasteiger partial charge on any atom is 0.291 e. The van der Waals surface area contributed by atoms with E-state index in [1.807, 2.05) is 24.3 Å². The van der Waals surface area contributed by atoms with Crippen molar-refractivity contribution < 1.29 is 13.9 Å². The highest BCUT2D eigenvalue weighted by atomic mass is 16.5. The van der Waals surface area contributed by atoms with Crippen molar-refractivity contribution in [2.75, 3.05) is 5.32 Å². The molecule has 2 aromatic rings. The van der Waals surface area contributed by atoms with Gasteiger partial charge in [-0.1, -0.05) is 0 Å². The first-order chi connectivity index (χ1) is 9.81. The smallest absolute Gasteiger partial charge is 0.291 e. The van der Waals surface area contributed by atoms with Crippen LogP contribution in [0.25, 0.3) is 0 Å². The highest BCUT2D eigenvalue weighted by Gasteiger charge is 2.16. The summed E-state index contributed by atoms with van der Waals surface area (Å²) in [5.74, 6) is 0.906. The van der Waals surface area contributed by atoms with Crippen molar-refractivity contribution in [2.45, 2.75) is 31.8 Å². The quantitative estimate of drug-likeness (QED) is 0.918. The molecule has 1 saturated carbocycles. The van der Waals surface area contributed by atoms with Gasteiger partial charge in [0, 0.05) is 5.69 Å². The van der Waals surface area contributed by atoms with E-state index in [9.17, 15) is 4.79 Å². The van der Waals surface area contributed by atoms with Crippen LogP contribution in [-0.4, -0.2) is 12.0 Å². The fraction of sp³-hybridized carbons (Fsp3) is 0.312. The maximum absolute atomic E-state index is 11.8. The molecular weight excluding hydrogens is 254 g/mol. The average molecular weight is 271 g/mol. The number of amides is 1. The number of furan rings is 1. The van der Waals surface area contributed by atoms with E-state index in [2.05, 4.69) is 5.32 Å². The first-order valence-corrected chi connectivity index (χ1v) is 6.93. The van der Waals surface area contributed by atoms with Gasteiger partial charge in [-0.25, -0.2) is 0 Å². The van der Waals surface area contributed by atoms with Crippen molar-refractivity contribution >= 4 is 11.6 Å².